The van der Waals surface area contributed by atoms with Crippen LogP contribution in [0.15, 0.2) is 54.6 Å². The summed E-state index contributed by atoms with van der Waals surface area (Å²) in [6.07, 6.45) is 0.589. The van der Waals surface area contributed by atoms with Crippen molar-refractivity contribution in [3.05, 3.63) is 75.8 Å². The minimum atomic E-state index is -0.391. The Morgan fingerprint density at radius 1 is 1.11 bits per heavy atom. The van der Waals surface area contributed by atoms with Gasteiger partial charge in [-0.25, -0.2) is 0 Å². The summed E-state index contributed by atoms with van der Waals surface area (Å²) < 4.78 is 0. The minimum absolute atomic E-state index is 0.104. The van der Waals surface area contributed by atoms with Gasteiger partial charge >= 0.3 is 0 Å². The first-order valence-electron chi connectivity index (χ1n) is 5.70. The summed E-state index contributed by atoms with van der Waals surface area (Å²) in [5.41, 5.74) is 8.09. The van der Waals surface area contributed by atoms with Crippen LogP contribution in [0.25, 0.3) is 0 Å². The third-order valence-electron chi connectivity index (χ3n) is 2.80. The van der Waals surface area contributed by atoms with Crippen LogP contribution in [0.3, 0.4) is 0 Å². The van der Waals surface area contributed by atoms with Crippen molar-refractivity contribution < 1.29 is 4.92 Å². The van der Waals surface area contributed by atoms with Crippen molar-refractivity contribution in [3.63, 3.8) is 0 Å². The number of benzene rings is 2. The molecule has 1 atom stereocenters. The predicted molar refractivity (Wildman–Crippen MR) is 70.2 cm³/mol. The van der Waals surface area contributed by atoms with Crippen LogP contribution in [-0.4, -0.2) is 4.92 Å². The average molecular weight is 242 g/mol. The number of non-ortho nitro benzene ring substituents is 1. The highest BCUT2D eigenvalue weighted by Gasteiger charge is 2.10. The lowest BCUT2D eigenvalue weighted by molar-refractivity contribution is -0.384. The molecule has 0 saturated carbocycles. The van der Waals surface area contributed by atoms with Crippen LogP contribution in [-0.2, 0) is 6.42 Å². The van der Waals surface area contributed by atoms with E-state index in [9.17, 15) is 10.1 Å². The van der Waals surface area contributed by atoms with Gasteiger partial charge in [0.05, 0.1) is 4.92 Å². The summed E-state index contributed by atoms with van der Waals surface area (Å²) in [6.45, 7) is 0. The van der Waals surface area contributed by atoms with Gasteiger partial charge < -0.3 is 5.73 Å². The van der Waals surface area contributed by atoms with Crippen molar-refractivity contribution in [2.45, 2.75) is 12.5 Å². The van der Waals surface area contributed by atoms with Gasteiger partial charge in [-0.1, -0.05) is 42.5 Å². The van der Waals surface area contributed by atoms with Crippen molar-refractivity contribution in [1.82, 2.24) is 0 Å². The van der Waals surface area contributed by atoms with Gasteiger partial charge in [0.15, 0.2) is 0 Å². The highest BCUT2D eigenvalue weighted by Crippen LogP contribution is 2.19. The molecule has 2 aromatic rings. The summed E-state index contributed by atoms with van der Waals surface area (Å²) in [7, 11) is 0. The lowest BCUT2D eigenvalue weighted by Crippen LogP contribution is -2.13. The number of nitro benzene ring substituents is 1. The van der Waals surface area contributed by atoms with Gasteiger partial charge in [0.2, 0.25) is 0 Å². The van der Waals surface area contributed by atoms with Gasteiger partial charge in [0.25, 0.3) is 5.69 Å². The second-order valence-electron chi connectivity index (χ2n) is 4.15. The molecule has 0 aromatic heterocycles. The van der Waals surface area contributed by atoms with Gasteiger partial charge in [-0.05, 0) is 17.5 Å². The SMILES string of the molecule is N[C@H](Cc1cccc([N+](=O)[O-])c1)c1ccccc1. The van der Waals surface area contributed by atoms with E-state index in [1.54, 1.807) is 12.1 Å². The van der Waals surface area contributed by atoms with Crippen LogP contribution in [0.4, 0.5) is 5.69 Å². The molecule has 2 rings (SSSR count). The Balaban J connectivity index is 2.14. The third-order valence-corrected chi connectivity index (χ3v) is 2.80. The molecule has 0 radical (unpaired) electrons. The lowest BCUT2D eigenvalue weighted by Gasteiger charge is -2.11. The summed E-state index contributed by atoms with van der Waals surface area (Å²) in [6, 6.07) is 16.2. The number of nitrogens with two attached hydrogens (primary N) is 1. The molecule has 2 N–H and O–H groups in total. The molecule has 0 amide bonds. The molecule has 4 heteroatoms. The standard InChI is InChI=1S/C14H14N2O2/c15-14(12-6-2-1-3-7-12)10-11-5-4-8-13(9-11)16(17)18/h1-9,14H,10,15H2/t14-/m1/s1. The Morgan fingerprint density at radius 2 is 1.83 bits per heavy atom. The van der Waals surface area contributed by atoms with E-state index in [0.717, 1.165) is 11.1 Å². The van der Waals surface area contributed by atoms with E-state index in [1.165, 1.54) is 6.07 Å². The molecule has 0 bridgehead atoms. The largest absolute Gasteiger partial charge is 0.324 e. The first-order valence-corrected chi connectivity index (χ1v) is 5.70. The third kappa shape index (κ3) is 2.93. The predicted octanol–water partition coefficient (Wildman–Crippen LogP) is 2.84. The van der Waals surface area contributed by atoms with Gasteiger partial charge in [-0.3, -0.25) is 10.1 Å². The van der Waals surface area contributed by atoms with Crippen LogP contribution in [0.2, 0.25) is 0 Å². The molecule has 4 nitrogen and oxygen atoms in total. The zero-order valence-electron chi connectivity index (χ0n) is 9.82. The average Bonchev–Trinajstić information content (AvgIpc) is 2.40. The molecule has 0 unspecified atom stereocenters. The maximum absolute atomic E-state index is 10.7. The Hall–Kier alpha value is -2.20. The summed E-state index contributed by atoms with van der Waals surface area (Å²) in [4.78, 5) is 10.3. The van der Waals surface area contributed by atoms with Crippen LogP contribution < -0.4 is 5.73 Å². The van der Waals surface area contributed by atoms with E-state index in [4.69, 9.17) is 5.73 Å². The Labute approximate surface area is 105 Å². The number of nitro groups is 1. The molecule has 0 saturated heterocycles. The van der Waals surface area contributed by atoms with Crippen molar-refractivity contribution in [2.24, 2.45) is 5.73 Å². The van der Waals surface area contributed by atoms with Crippen LogP contribution in [0, 0.1) is 10.1 Å². The summed E-state index contributed by atoms with van der Waals surface area (Å²) in [5.74, 6) is 0. The highest BCUT2D eigenvalue weighted by atomic mass is 16.6. The van der Waals surface area contributed by atoms with Crippen LogP contribution in [0.5, 0.6) is 0 Å². The van der Waals surface area contributed by atoms with Gasteiger partial charge in [0.1, 0.15) is 0 Å². The number of rotatable bonds is 4. The number of nitrogens with zero attached hydrogens (tertiary/aromatic N) is 1. The number of hydrogen-bond acceptors (Lipinski definition) is 3. The topological polar surface area (TPSA) is 69.2 Å². The van der Waals surface area contributed by atoms with Gasteiger partial charge in [0, 0.05) is 18.2 Å². The zero-order valence-corrected chi connectivity index (χ0v) is 9.82. The molecule has 0 aliphatic rings. The molecule has 0 heterocycles. The lowest BCUT2D eigenvalue weighted by atomic mass is 9.99. The second kappa shape index (κ2) is 5.42. The molecule has 0 fully saturated rings. The molecule has 92 valence electrons. The molecule has 18 heavy (non-hydrogen) atoms. The van der Waals surface area contributed by atoms with E-state index < -0.39 is 4.92 Å². The summed E-state index contributed by atoms with van der Waals surface area (Å²) >= 11 is 0. The Morgan fingerprint density at radius 3 is 2.50 bits per heavy atom. The fourth-order valence-corrected chi connectivity index (χ4v) is 1.87. The van der Waals surface area contributed by atoms with Gasteiger partial charge in [-0.2, -0.15) is 0 Å². The van der Waals surface area contributed by atoms with E-state index in [1.807, 2.05) is 36.4 Å². The monoisotopic (exact) mass is 242 g/mol. The first kappa shape index (κ1) is 12.3. The van der Waals surface area contributed by atoms with Crippen molar-refractivity contribution >= 4 is 5.69 Å². The Bertz CT molecular complexity index is 541. The normalized spacial score (nSPS) is 12.1. The van der Waals surface area contributed by atoms with Crippen LogP contribution in [0.1, 0.15) is 17.2 Å². The minimum Gasteiger partial charge on any atom is -0.324 e. The summed E-state index contributed by atoms with van der Waals surface area (Å²) in [5, 5.41) is 10.7. The van der Waals surface area contributed by atoms with Crippen molar-refractivity contribution in [1.29, 1.82) is 0 Å². The van der Waals surface area contributed by atoms with E-state index in [0.29, 0.717) is 6.42 Å². The van der Waals surface area contributed by atoms with Crippen LogP contribution >= 0.6 is 0 Å². The molecule has 0 aliphatic carbocycles. The quantitative estimate of drug-likeness (QED) is 0.662. The fraction of sp³-hybridized carbons (Fsp3) is 0.143. The second-order valence-corrected chi connectivity index (χ2v) is 4.15. The van der Waals surface area contributed by atoms with E-state index >= 15 is 0 Å². The Kier molecular flexibility index (Phi) is 3.69. The maximum Gasteiger partial charge on any atom is 0.269 e. The van der Waals surface area contributed by atoms with E-state index in [2.05, 4.69) is 0 Å². The fourth-order valence-electron chi connectivity index (χ4n) is 1.87. The molecule has 2 aromatic carbocycles. The smallest absolute Gasteiger partial charge is 0.269 e. The number of hydrogen-bond donors (Lipinski definition) is 1. The highest BCUT2D eigenvalue weighted by molar-refractivity contribution is 5.35. The van der Waals surface area contributed by atoms with Crippen molar-refractivity contribution in [3.8, 4) is 0 Å². The molecule has 0 spiro atoms. The van der Waals surface area contributed by atoms with Gasteiger partial charge in [-0.15, -0.1) is 0 Å². The first-order chi connectivity index (χ1) is 8.66. The van der Waals surface area contributed by atoms with E-state index in [-0.39, 0.29) is 11.7 Å². The van der Waals surface area contributed by atoms with Crippen molar-refractivity contribution in [2.75, 3.05) is 0 Å². The molecule has 0 aliphatic heterocycles. The molecular weight excluding hydrogens is 228 g/mol. The maximum atomic E-state index is 10.7. The molecular formula is C14H14N2O2. The zero-order chi connectivity index (χ0) is 13.0.